The van der Waals surface area contributed by atoms with Gasteiger partial charge in [-0.2, -0.15) is 10.5 Å². The maximum Gasteiger partial charge on any atom is 0.322 e. The molecule has 1 aliphatic rings. The van der Waals surface area contributed by atoms with Crippen LogP contribution in [0.2, 0.25) is 0 Å². The van der Waals surface area contributed by atoms with E-state index >= 15 is 0 Å². The molecule has 0 fully saturated rings. The van der Waals surface area contributed by atoms with E-state index in [9.17, 15) is 14.9 Å². The first-order valence-electron chi connectivity index (χ1n) is 9.45. The summed E-state index contributed by atoms with van der Waals surface area (Å²) in [5.74, 6) is -0.718. The number of rotatable bonds is 3. The number of amides is 3. The highest BCUT2D eigenvalue weighted by molar-refractivity contribution is 6.00. The van der Waals surface area contributed by atoms with E-state index in [1.54, 1.807) is 47.6 Å². The lowest BCUT2D eigenvalue weighted by molar-refractivity contribution is 0.0997. The Labute approximate surface area is 177 Å². The fourth-order valence-corrected chi connectivity index (χ4v) is 3.74. The lowest BCUT2D eigenvalue weighted by atomic mass is 10.1. The third kappa shape index (κ3) is 3.56. The van der Waals surface area contributed by atoms with E-state index in [1.165, 1.54) is 0 Å². The van der Waals surface area contributed by atoms with E-state index in [4.69, 9.17) is 11.0 Å². The van der Waals surface area contributed by atoms with Crippen molar-refractivity contribution in [3.05, 3.63) is 71.2 Å². The summed E-state index contributed by atoms with van der Waals surface area (Å²) in [7, 11) is 0. The van der Waals surface area contributed by atoms with Gasteiger partial charge in [0.1, 0.15) is 6.07 Å². The molecule has 9 heteroatoms. The molecule has 2 aromatic heterocycles. The van der Waals surface area contributed by atoms with Crippen LogP contribution < -0.4 is 11.1 Å². The predicted octanol–water partition coefficient (Wildman–Crippen LogP) is 2.44. The van der Waals surface area contributed by atoms with Crippen molar-refractivity contribution >= 4 is 17.6 Å². The Morgan fingerprint density at radius 2 is 1.87 bits per heavy atom. The Balaban J connectivity index is 1.68. The predicted molar refractivity (Wildman–Crippen MR) is 111 cm³/mol. The molecular formula is C22H17N7O2. The number of primary amides is 1. The summed E-state index contributed by atoms with van der Waals surface area (Å²) < 4.78 is 1.86. The maximum atomic E-state index is 12.8. The average molecular weight is 411 g/mol. The van der Waals surface area contributed by atoms with Crippen LogP contribution in [0.5, 0.6) is 0 Å². The zero-order chi connectivity index (χ0) is 22.0. The monoisotopic (exact) mass is 411 g/mol. The van der Waals surface area contributed by atoms with Gasteiger partial charge >= 0.3 is 6.03 Å². The van der Waals surface area contributed by atoms with Crippen LogP contribution in [0, 0.1) is 22.7 Å². The van der Waals surface area contributed by atoms with Gasteiger partial charge in [-0.3, -0.25) is 9.78 Å². The summed E-state index contributed by atoms with van der Waals surface area (Å²) in [4.78, 5) is 30.7. The number of carbonyl (C=O) groups excluding carboxylic acids is 2. The molecule has 0 saturated heterocycles. The molecule has 1 aromatic carbocycles. The van der Waals surface area contributed by atoms with E-state index in [0.717, 1.165) is 0 Å². The minimum Gasteiger partial charge on any atom is -0.366 e. The topological polar surface area (TPSA) is 141 Å². The lowest BCUT2D eigenvalue weighted by Crippen LogP contribution is -2.41. The molecule has 3 N–H and O–H groups in total. The molecule has 0 aliphatic carbocycles. The number of fused-ring (bicyclic) bond motifs is 1. The van der Waals surface area contributed by atoms with Crippen LogP contribution in [0.3, 0.4) is 0 Å². The number of pyridine rings is 1. The van der Waals surface area contributed by atoms with Gasteiger partial charge in [0, 0.05) is 36.7 Å². The summed E-state index contributed by atoms with van der Waals surface area (Å²) >= 11 is 0. The molecule has 9 nitrogen and oxygen atoms in total. The largest absolute Gasteiger partial charge is 0.366 e. The van der Waals surface area contributed by atoms with Gasteiger partial charge in [-0.1, -0.05) is 0 Å². The number of nitrogens with zero attached hydrogens (tertiary/aromatic N) is 5. The third-order valence-corrected chi connectivity index (χ3v) is 5.15. The number of hydrogen-bond acceptors (Lipinski definition) is 5. The zero-order valence-electron chi connectivity index (χ0n) is 16.4. The number of benzene rings is 1. The number of anilines is 1. The highest BCUT2D eigenvalue weighted by Gasteiger charge is 2.32. The summed E-state index contributed by atoms with van der Waals surface area (Å²) in [5, 5.41) is 21.4. The molecule has 31 heavy (non-hydrogen) atoms. The van der Waals surface area contributed by atoms with Crippen LogP contribution in [-0.4, -0.2) is 32.9 Å². The maximum absolute atomic E-state index is 12.8. The van der Waals surface area contributed by atoms with Crippen LogP contribution in [0.1, 0.15) is 27.2 Å². The van der Waals surface area contributed by atoms with Gasteiger partial charge in [0.2, 0.25) is 0 Å². The third-order valence-electron chi connectivity index (χ3n) is 5.15. The highest BCUT2D eigenvalue weighted by atomic mass is 16.2. The lowest BCUT2D eigenvalue weighted by Gasteiger charge is -2.30. The molecular weight excluding hydrogens is 394 g/mol. The molecule has 0 atom stereocenters. The van der Waals surface area contributed by atoms with Crippen molar-refractivity contribution in [2.75, 3.05) is 11.9 Å². The molecule has 0 spiro atoms. The van der Waals surface area contributed by atoms with Gasteiger partial charge in [-0.15, -0.1) is 0 Å². The molecule has 3 amide bonds. The molecule has 3 aromatic rings. The van der Waals surface area contributed by atoms with Gasteiger partial charge < -0.3 is 20.5 Å². The van der Waals surface area contributed by atoms with Gasteiger partial charge in [-0.25, -0.2) is 4.79 Å². The fourth-order valence-electron chi connectivity index (χ4n) is 3.74. The molecule has 0 radical (unpaired) electrons. The number of hydrogen-bond donors (Lipinski definition) is 2. The van der Waals surface area contributed by atoms with Crippen molar-refractivity contribution in [2.45, 2.75) is 13.1 Å². The smallest absolute Gasteiger partial charge is 0.322 e. The number of carbonyl (C=O) groups is 2. The Morgan fingerprint density at radius 1 is 1.10 bits per heavy atom. The quantitative estimate of drug-likeness (QED) is 0.681. The summed E-state index contributed by atoms with van der Waals surface area (Å²) in [6.45, 7) is 0.887. The standard InChI is InChI=1S/C22H17N7O2/c23-10-14-3-5-16(6-4-14)27-22(31)28-8-9-29-18(13-28)19(21(25)30)17(11-24)20(29)15-2-1-7-26-12-15/h1-7,12H,8-9,13H2,(H2,25,30)(H,27,31). The first kappa shape index (κ1) is 19.7. The van der Waals surface area contributed by atoms with Gasteiger partial charge in [0.05, 0.1) is 40.7 Å². The second-order valence-corrected chi connectivity index (χ2v) is 6.96. The number of nitrogens with two attached hydrogens (primary N) is 1. The molecule has 3 heterocycles. The molecule has 152 valence electrons. The second kappa shape index (κ2) is 8.01. The van der Waals surface area contributed by atoms with Crippen LogP contribution in [-0.2, 0) is 13.1 Å². The van der Waals surface area contributed by atoms with Crippen LogP contribution in [0.15, 0.2) is 48.8 Å². The molecule has 0 unspecified atom stereocenters. The van der Waals surface area contributed by atoms with E-state index in [1.807, 2.05) is 16.7 Å². The minimum absolute atomic E-state index is 0.120. The molecule has 1 aliphatic heterocycles. The summed E-state index contributed by atoms with van der Waals surface area (Å²) in [6.07, 6.45) is 3.25. The molecule has 0 saturated carbocycles. The molecule has 4 rings (SSSR count). The van der Waals surface area contributed by atoms with Crippen molar-refractivity contribution in [1.82, 2.24) is 14.5 Å². The van der Waals surface area contributed by atoms with Crippen molar-refractivity contribution in [3.63, 3.8) is 0 Å². The van der Waals surface area contributed by atoms with Crippen LogP contribution >= 0.6 is 0 Å². The molecule has 0 bridgehead atoms. The number of urea groups is 1. The van der Waals surface area contributed by atoms with E-state index < -0.39 is 5.91 Å². The SMILES string of the molecule is N#Cc1ccc(NC(=O)N2CCn3c(c(C(N)=O)c(C#N)c3-c3cccnc3)C2)cc1. The number of aromatic nitrogens is 2. The van der Waals surface area contributed by atoms with Crippen molar-refractivity contribution in [3.8, 4) is 23.4 Å². The van der Waals surface area contributed by atoms with Gasteiger partial charge in [0.25, 0.3) is 5.91 Å². The van der Waals surface area contributed by atoms with E-state index in [2.05, 4.69) is 16.4 Å². The Kier molecular flexibility index (Phi) is 5.08. The van der Waals surface area contributed by atoms with Crippen LogP contribution in [0.4, 0.5) is 10.5 Å². The average Bonchev–Trinajstić information content (AvgIpc) is 3.14. The Bertz CT molecular complexity index is 1250. The van der Waals surface area contributed by atoms with Gasteiger partial charge in [-0.05, 0) is 36.4 Å². The van der Waals surface area contributed by atoms with E-state index in [0.29, 0.717) is 41.3 Å². The van der Waals surface area contributed by atoms with E-state index in [-0.39, 0.29) is 23.7 Å². The van der Waals surface area contributed by atoms with Crippen molar-refractivity contribution in [2.24, 2.45) is 5.73 Å². The number of nitrogens with one attached hydrogen (secondary N) is 1. The van der Waals surface area contributed by atoms with Crippen LogP contribution in [0.25, 0.3) is 11.3 Å². The first-order valence-corrected chi connectivity index (χ1v) is 9.45. The first-order chi connectivity index (χ1) is 15.0. The Morgan fingerprint density at radius 3 is 2.48 bits per heavy atom. The summed E-state index contributed by atoms with van der Waals surface area (Å²) in [5.41, 5.74) is 8.75. The second-order valence-electron chi connectivity index (χ2n) is 6.96. The van der Waals surface area contributed by atoms with Gasteiger partial charge in [0.15, 0.2) is 0 Å². The van der Waals surface area contributed by atoms with Crippen molar-refractivity contribution < 1.29 is 9.59 Å². The Hall–Kier alpha value is -4.63. The number of nitriles is 2. The van der Waals surface area contributed by atoms with Crippen molar-refractivity contribution in [1.29, 1.82) is 10.5 Å². The fraction of sp³-hybridized carbons (Fsp3) is 0.136. The highest BCUT2D eigenvalue weighted by Crippen LogP contribution is 2.33. The summed E-state index contributed by atoms with van der Waals surface area (Å²) in [6, 6.07) is 13.8. The zero-order valence-corrected chi connectivity index (χ0v) is 16.4. The normalized spacial score (nSPS) is 12.4. The minimum atomic E-state index is -0.718.